The van der Waals surface area contributed by atoms with Gasteiger partial charge in [-0.15, -0.1) is 35.3 Å². The van der Waals surface area contributed by atoms with Crippen LogP contribution in [0.2, 0.25) is 0 Å². The van der Waals surface area contributed by atoms with E-state index in [9.17, 15) is 38.4 Å². The zero-order valence-electron chi connectivity index (χ0n) is 63.9. The standard InChI is InChI=1S/C27H42N2O4S3.C26H27O2P.C14H20S3.C8H13NO3.C5H9NO.C2H6O/c1-4-5-6-12-19-35-27(34)36-23(25(32)28-18-11-10-15-24(30)31)20-22(26(33)29(2)3)17-16-21-13-8-7-9-14-21;1-16-12-18(3)23(19(4)13-16)25(27)29(22-10-8-7-9-11-22)26(28)24-20(5)14-17(2)15-21(24)6;1-2-3-4-8-11-16-14(15)17-12-13-9-6-5-7-10-13;1-2-7(10)9-6-4-3-5-8(11)12;1-4-5(7)6(2)3;1-2-3/h7-9,13-14,22-23H,4-6,10-12,15-20H2,1-3H3,(H,28,32)(H,30,31);7-15H,1-6H3;5-7,9-10H,2-4,8,11-12H2,1H3;2H,1,3-6H2,(H,9,10)(H,11,12);4H,1H2,2-3H3;3H,2H2,1H3. The van der Waals surface area contributed by atoms with Gasteiger partial charge < -0.3 is 35.8 Å². The average Bonchev–Trinajstić information content (AvgIpc) is 0.779. The minimum atomic E-state index is -1.69. The van der Waals surface area contributed by atoms with Crippen LogP contribution in [0.25, 0.3) is 0 Å². The Morgan fingerprint density at radius 2 is 0.962 bits per heavy atom. The summed E-state index contributed by atoms with van der Waals surface area (Å²) in [6.45, 7) is 25.7. The molecule has 5 aromatic rings. The normalized spacial score (nSPS) is 10.8. The molecule has 0 saturated carbocycles. The molecule has 104 heavy (non-hydrogen) atoms. The Morgan fingerprint density at radius 1 is 0.538 bits per heavy atom. The first-order chi connectivity index (χ1) is 49.5. The molecule has 0 bridgehead atoms. The van der Waals surface area contributed by atoms with Crippen molar-refractivity contribution in [1.82, 2.24) is 20.4 Å². The van der Waals surface area contributed by atoms with E-state index < -0.39 is 25.1 Å². The average molecular weight is 1560 g/mol. The van der Waals surface area contributed by atoms with Crippen molar-refractivity contribution in [3.8, 4) is 0 Å². The second-order valence-electron chi connectivity index (χ2n) is 25.0. The van der Waals surface area contributed by atoms with Crippen LogP contribution in [0.3, 0.4) is 0 Å². The smallest absolute Gasteiger partial charge is 0.303 e. The molecule has 0 heterocycles. The lowest BCUT2D eigenvalue weighted by Gasteiger charge is -2.25. The van der Waals surface area contributed by atoms with E-state index in [2.05, 4.69) is 80.1 Å². The highest BCUT2D eigenvalue weighted by Gasteiger charge is 2.34. The highest BCUT2D eigenvalue weighted by molar-refractivity contribution is 8.47. The number of hydrogen-bond donors (Lipinski definition) is 5. The van der Waals surface area contributed by atoms with E-state index in [4.69, 9.17) is 39.8 Å². The number of aliphatic hydroxyl groups is 1. The number of aliphatic carboxylic acids is 2. The first-order valence-corrected chi connectivity index (χ1v) is 41.6. The van der Waals surface area contributed by atoms with Gasteiger partial charge in [0.2, 0.25) is 23.6 Å². The topological polar surface area (TPSA) is 228 Å². The zero-order valence-corrected chi connectivity index (χ0v) is 69.6. The van der Waals surface area contributed by atoms with E-state index >= 15 is 0 Å². The maximum absolute atomic E-state index is 13.8. The monoisotopic (exact) mass is 1560 g/mol. The third-order valence-electron chi connectivity index (χ3n) is 15.3. The summed E-state index contributed by atoms with van der Waals surface area (Å²) in [5, 5.41) is 30.5. The molecule has 22 heteroatoms. The van der Waals surface area contributed by atoms with Crippen LogP contribution in [0, 0.1) is 47.5 Å². The third-order valence-corrected chi connectivity index (χ3v) is 23.1. The fourth-order valence-corrected chi connectivity index (χ4v) is 17.4. The molecule has 0 saturated heterocycles. The number of likely N-dealkylation sites (N-methyl/N-ethyl adjacent to an activating group) is 1. The minimum Gasteiger partial charge on any atom is -0.481 e. The first-order valence-electron chi connectivity index (χ1n) is 35.6. The van der Waals surface area contributed by atoms with Crippen molar-refractivity contribution in [2.45, 2.75) is 182 Å². The number of carbonyl (C=O) groups is 8. The molecule has 572 valence electrons. The summed E-state index contributed by atoms with van der Waals surface area (Å²) in [6, 6.07) is 38.2. The fourth-order valence-electron chi connectivity index (χ4n) is 10.2. The summed E-state index contributed by atoms with van der Waals surface area (Å²) in [4.78, 5) is 98.5. The summed E-state index contributed by atoms with van der Waals surface area (Å²) < 4.78 is 1.82. The number of thiocarbonyl (C=S) groups is 2. The number of hydrogen-bond acceptors (Lipinski definition) is 15. The number of aliphatic hydroxyl groups excluding tert-OH is 1. The Hall–Kier alpha value is -6.29. The Bertz CT molecular complexity index is 3280. The van der Waals surface area contributed by atoms with Crippen LogP contribution < -0.4 is 15.9 Å². The van der Waals surface area contributed by atoms with Gasteiger partial charge in [-0.25, -0.2) is 0 Å². The number of nitrogens with one attached hydrogen (secondary N) is 2. The maximum atomic E-state index is 13.8. The van der Waals surface area contributed by atoms with E-state index in [-0.39, 0.29) is 60.0 Å². The van der Waals surface area contributed by atoms with Gasteiger partial charge in [0.05, 0.1) is 13.2 Å². The number of thioether (sulfide) groups is 4. The van der Waals surface area contributed by atoms with E-state index in [1.807, 2.05) is 126 Å². The number of aryl methyl sites for hydroxylation is 7. The summed E-state index contributed by atoms with van der Waals surface area (Å²) in [6.07, 6.45) is 16.9. The predicted octanol–water partition coefficient (Wildman–Crippen LogP) is 18.4. The molecule has 0 radical (unpaired) electrons. The molecule has 2 unspecified atom stereocenters. The summed E-state index contributed by atoms with van der Waals surface area (Å²) >= 11 is 17.6. The van der Waals surface area contributed by atoms with E-state index in [0.29, 0.717) is 62.7 Å². The van der Waals surface area contributed by atoms with Crippen molar-refractivity contribution in [2.24, 2.45) is 5.92 Å². The van der Waals surface area contributed by atoms with Gasteiger partial charge in [0.1, 0.15) is 7.06 Å². The van der Waals surface area contributed by atoms with E-state index in [1.54, 1.807) is 63.5 Å². The Balaban J connectivity index is 0.00000138. The van der Waals surface area contributed by atoms with Crippen LogP contribution >= 0.6 is 79.4 Å². The van der Waals surface area contributed by atoms with Gasteiger partial charge in [-0.2, -0.15) is 0 Å². The molecule has 0 fully saturated rings. The van der Waals surface area contributed by atoms with Gasteiger partial charge in [0.15, 0.2) is 11.0 Å². The lowest BCUT2D eigenvalue weighted by Crippen LogP contribution is -2.38. The number of carboxylic acids is 2. The minimum absolute atomic E-state index is 0.0175. The summed E-state index contributed by atoms with van der Waals surface area (Å²) in [7, 11) is 5.18. The lowest BCUT2D eigenvalue weighted by atomic mass is 9.93. The number of unbranched alkanes of at least 4 members (excludes halogenated alkanes) is 8. The molecule has 2 atom stereocenters. The fraction of sp³-hybridized carbons (Fsp3) is 0.463. The van der Waals surface area contributed by atoms with E-state index in [1.165, 1.54) is 90.6 Å². The molecule has 0 aromatic heterocycles. The first kappa shape index (κ1) is 97.7. The zero-order chi connectivity index (χ0) is 78.4. The number of benzene rings is 5. The maximum Gasteiger partial charge on any atom is 0.303 e. The molecular formula is C82H117N4O11PS6. The molecule has 0 aliphatic carbocycles. The Morgan fingerprint density at radius 3 is 1.36 bits per heavy atom. The van der Waals surface area contributed by atoms with Crippen LogP contribution in [0.15, 0.2) is 141 Å². The predicted molar refractivity (Wildman–Crippen MR) is 453 cm³/mol. The molecule has 15 nitrogen and oxygen atoms in total. The number of rotatable bonds is 37. The Labute approximate surface area is 651 Å². The van der Waals surface area contributed by atoms with Crippen molar-refractivity contribution in [2.75, 3.05) is 59.4 Å². The molecule has 0 aliphatic rings. The second-order valence-corrected chi connectivity index (χ2v) is 33.7. The Kier molecular flexibility index (Phi) is 56.2. The number of carbonyl (C=O) groups excluding carboxylic acids is 6. The number of nitrogens with zero attached hydrogens (tertiary/aromatic N) is 2. The molecular weight excluding hydrogens is 1440 g/mol. The van der Waals surface area contributed by atoms with Gasteiger partial charge in [-0.1, -0.05) is 228 Å². The SMILES string of the molecule is C=CC(=O)N(C)C.C=CC(=O)NCCCCC(=O)O.CCCCCCSC(=S)SC(CC(CCc1ccccc1)C(=O)N(C)C)C(=O)NCCCCC(=O)O.CCCCCCSC(=S)SCc1ccccc1.CCO.Cc1cc(C)c(C(=O)P(C(=O)c2c(C)cc(C)cc2C)c2ccccc2)c(C)c1. The van der Waals surface area contributed by atoms with Crippen molar-refractivity contribution in [3.63, 3.8) is 0 Å². The highest BCUT2D eigenvalue weighted by atomic mass is 32.2. The molecule has 5 N–H and O–H groups in total. The van der Waals surface area contributed by atoms with Crippen molar-refractivity contribution < 1.29 is 53.7 Å². The van der Waals surface area contributed by atoms with Gasteiger partial charge in [-0.05, 0) is 169 Å². The van der Waals surface area contributed by atoms with Crippen LogP contribution in [0.4, 0.5) is 0 Å². The summed E-state index contributed by atoms with van der Waals surface area (Å²) in [5.74, 6) is 0.790. The van der Waals surface area contributed by atoms with Gasteiger partial charge >= 0.3 is 11.9 Å². The van der Waals surface area contributed by atoms with Crippen LogP contribution in [0.5, 0.6) is 0 Å². The van der Waals surface area contributed by atoms with Crippen LogP contribution in [-0.2, 0) is 40.9 Å². The number of carboxylic acid groups (broad SMARTS) is 2. The molecule has 4 amide bonds. The second kappa shape index (κ2) is 59.8. The van der Waals surface area contributed by atoms with Gasteiger partial charge in [-0.3, -0.25) is 38.4 Å². The van der Waals surface area contributed by atoms with Gasteiger partial charge in [0.25, 0.3) is 0 Å². The van der Waals surface area contributed by atoms with Crippen molar-refractivity contribution in [1.29, 1.82) is 0 Å². The number of amides is 4. The molecule has 5 aromatic carbocycles. The lowest BCUT2D eigenvalue weighted by molar-refractivity contribution is -0.138. The van der Waals surface area contributed by atoms with Gasteiger partial charge in [0, 0.05) is 83.5 Å². The van der Waals surface area contributed by atoms with Crippen molar-refractivity contribution >= 4 is 138 Å². The van der Waals surface area contributed by atoms with Crippen LogP contribution in [-0.4, -0.2) is 143 Å². The molecule has 0 aliphatic heterocycles. The van der Waals surface area contributed by atoms with Crippen LogP contribution in [0.1, 0.15) is 189 Å². The molecule has 0 spiro atoms. The largest absolute Gasteiger partial charge is 0.481 e. The van der Waals surface area contributed by atoms with E-state index in [0.717, 1.165) is 70.1 Å². The summed E-state index contributed by atoms with van der Waals surface area (Å²) in [5.41, 5.74) is 9.73. The third kappa shape index (κ3) is 45.3. The highest BCUT2D eigenvalue weighted by Crippen LogP contribution is 2.45. The van der Waals surface area contributed by atoms with Crippen molar-refractivity contribution in [3.05, 3.63) is 196 Å². The quantitative estimate of drug-likeness (QED) is 0.0108. The molecule has 5 rings (SSSR count).